The number of H-pyrrole nitrogens is 1. The van der Waals surface area contributed by atoms with Crippen molar-refractivity contribution in [3.63, 3.8) is 0 Å². The number of halogens is 1. The number of rotatable bonds is 8. The Bertz CT molecular complexity index is 1370. The van der Waals surface area contributed by atoms with Crippen LogP contribution in [0.15, 0.2) is 65.6 Å². The third-order valence-corrected chi connectivity index (χ3v) is 7.16. The van der Waals surface area contributed by atoms with Crippen LogP contribution in [0.4, 0.5) is 0 Å². The van der Waals surface area contributed by atoms with Crippen LogP contribution in [0.2, 0.25) is 5.02 Å². The first kappa shape index (κ1) is 21.5. The van der Waals surface area contributed by atoms with Gasteiger partial charge in [0.2, 0.25) is 10.0 Å². The summed E-state index contributed by atoms with van der Waals surface area (Å²) in [5.74, 6) is 2.69. The largest absolute Gasteiger partial charge is 0.358 e. The molecule has 0 aliphatic carbocycles. The van der Waals surface area contributed by atoms with Crippen molar-refractivity contribution in [1.82, 2.24) is 9.71 Å². The molecule has 0 bridgehead atoms. The van der Waals surface area contributed by atoms with Gasteiger partial charge in [-0.3, -0.25) is 0 Å². The fourth-order valence-corrected chi connectivity index (χ4v) is 5.08. The highest BCUT2D eigenvalue weighted by Gasteiger charge is 2.16. The summed E-state index contributed by atoms with van der Waals surface area (Å²) in [6.45, 7) is 0.298. The van der Waals surface area contributed by atoms with Crippen molar-refractivity contribution in [2.45, 2.75) is 30.6 Å². The molecule has 0 radical (unpaired) electrons. The number of hydrogen-bond acceptors (Lipinski definition) is 2. The van der Waals surface area contributed by atoms with Gasteiger partial charge in [0.05, 0.1) is 10.4 Å². The van der Waals surface area contributed by atoms with E-state index in [9.17, 15) is 8.42 Å². The molecule has 4 nitrogen and oxygen atoms in total. The monoisotopic (exact) mass is 450 g/mol. The van der Waals surface area contributed by atoms with Gasteiger partial charge in [0.15, 0.2) is 0 Å². The molecule has 158 valence electrons. The Labute approximate surface area is 187 Å². The number of sulfonamides is 1. The van der Waals surface area contributed by atoms with E-state index in [1.54, 1.807) is 12.1 Å². The van der Waals surface area contributed by atoms with Gasteiger partial charge in [-0.15, -0.1) is 12.3 Å². The average Bonchev–Trinajstić information content (AvgIpc) is 3.12. The molecule has 0 aliphatic rings. The Morgan fingerprint density at radius 3 is 2.52 bits per heavy atom. The molecule has 0 atom stereocenters. The van der Waals surface area contributed by atoms with Crippen LogP contribution in [0.5, 0.6) is 0 Å². The van der Waals surface area contributed by atoms with Gasteiger partial charge in [-0.2, -0.15) is 0 Å². The Kier molecular flexibility index (Phi) is 6.33. The predicted octanol–water partition coefficient (Wildman–Crippen LogP) is 5.45. The number of nitrogens with one attached hydrogen (secondary N) is 2. The summed E-state index contributed by atoms with van der Waals surface area (Å²) in [5, 5.41) is 3.95. The molecule has 31 heavy (non-hydrogen) atoms. The fraction of sp³-hybridized carbons (Fsp3) is 0.200. The molecular weight excluding hydrogens is 428 g/mol. The molecule has 0 saturated carbocycles. The Balaban J connectivity index is 1.62. The van der Waals surface area contributed by atoms with E-state index in [0.29, 0.717) is 24.4 Å². The van der Waals surface area contributed by atoms with Crippen LogP contribution in [0, 0.1) is 12.3 Å². The predicted molar refractivity (Wildman–Crippen MR) is 128 cm³/mol. The number of aryl methyl sites for hydroxylation is 1. The molecule has 0 aliphatic heterocycles. The molecule has 0 spiro atoms. The van der Waals surface area contributed by atoms with Gasteiger partial charge in [-0.05, 0) is 54.5 Å². The lowest BCUT2D eigenvalue weighted by Gasteiger charge is -2.08. The number of unbranched alkanes of at least 4 members (excludes halogenated alkanes) is 1. The first-order chi connectivity index (χ1) is 15.0. The van der Waals surface area contributed by atoms with E-state index in [4.69, 9.17) is 18.0 Å². The van der Waals surface area contributed by atoms with Crippen LogP contribution in [-0.2, 0) is 22.9 Å². The molecular formula is C25H23ClN2O2S. The molecule has 1 aromatic heterocycles. The maximum Gasteiger partial charge on any atom is 0.240 e. The minimum Gasteiger partial charge on any atom is -0.358 e. The normalized spacial score (nSPS) is 11.7. The van der Waals surface area contributed by atoms with E-state index in [1.807, 2.05) is 12.1 Å². The van der Waals surface area contributed by atoms with Crippen LogP contribution in [0.3, 0.4) is 0 Å². The second-order valence-corrected chi connectivity index (χ2v) is 9.65. The highest BCUT2D eigenvalue weighted by molar-refractivity contribution is 7.89. The number of benzene rings is 3. The standard InChI is InChI=1S/C25H23ClN2O2S/c1-2-3-4-9-24-22(16-17-27-31(29,30)20-13-11-19(26)12-14-20)23-15-10-18-7-5-6-8-21(18)25(23)28-24/h1,5-8,10-15,27-28H,3-4,9,16-17H2. The van der Waals surface area contributed by atoms with E-state index in [1.165, 1.54) is 17.5 Å². The quantitative estimate of drug-likeness (QED) is 0.277. The van der Waals surface area contributed by atoms with Gasteiger partial charge in [-0.1, -0.05) is 48.0 Å². The lowest BCUT2D eigenvalue weighted by molar-refractivity contribution is 0.581. The zero-order valence-corrected chi connectivity index (χ0v) is 18.6. The first-order valence-corrected chi connectivity index (χ1v) is 12.1. The summed E-state index contributed by atoms with van der Waals surface area (Å²) in [6, 6.07) is 18.6. The molecule has 0 unspecified atom stereocenters. The molecule has 4 aromatic rings. The molecule has 4 rings (SSSR count). The zero-order chi connectivity index (χ0) is 21.8. The third-order valence-electron chi connectivity index (χ3n) is 5.43. The molecule has 6 heteroatoms. The van der Waals surface area contributed by atoms with Crippen molar-refractivity contribution in [3.05, 3.63) is 76.9 Å². The van der Waals surface area contributed by atoms with Crippen molar-refractivity contribution < 1.29 is 8.42 Å². The van der Waals surface area contributed by atoms with Gasteiger partial charge in [0.1, 0.15) is 0 Å². The Hall–Kier alpha value is -2.78. The number of aromatic amines is 1. The van der Waals surface area contributed by atoms with E-state index in [0.717, 1.165) is 40.4 Å². The maximum absolute atomic E-state index is 12.6. The maximum atomic E-state index is 12.6. The molecule has 2 N–H and O–H groups in total. The second-order valence-electron chi connectivity index (χ2n) is 7.45. The van der Waals surface area contributed by atoms with Crippen LogP contribution in [0.25, 0.3) is 21.7 Å². The molecule has 0 saturated heterocycles. The average molecular weight is 451 g/mol. The lowest BCUT2D eigenvalue weighted by Crippen LogP contribution is -2.26. The molecule has 1 heterocycles. The van der Waals surface area contributed by atoms with Gasteiger partial charge in [0.25, 0.3) is 0 Å². The first-order valence-electron chi connectivity index (χ1n) is 10.2. The van der Waals surface area contributed by atoms with E-state index >= 15 is 0 Å². The van der Waals surface area contributed by atoms with Gasteiger partial charge in [0, 0.05) is 34.5 Å². The SMILES string of the molecule is C#CCCCc1[nH]c2c(ccc3ccccc32)c1CCNS(=O)(=O)c1ccc(Cl)cc1. The van der Waals surface area contributed by atoms with Gasteiger partial charge in [-0.25, -0.2) is 13.1 Å². The topological polar surface area (TPSA) is 62.0 Å². The van der Waals surface area contributed by atoms with Crippen molar-refractivity contribution in [2.75, 3.05) is 6.54 Å². The zero-order valence-electron chi connectivity index (χ0n) is 17.0. The van der Waals surface area contributed by atoms with E-state index < -0.39 is 10.0 Å². The van der Waals surface area contributed by atoms with Crippen molar-refractivity contribution in [2.24, 2.45) is 0 Å². The number of terminal acetylenes is 1. The Morgan fingerprint density at radius 2 is 1.74 bits per heavy atom. The van der Waals surface area contributed by atoms with Crippen LogP contribution in [0.1, 0.15) is 24.1 Å². The van der Waals surface area contributed by atoms with Crippen LogP contribution >= 0.6 is 11.6 Å². The third kappa shape index (κ3) is 4.62. The van der Waals surface area contributed by atoms with Crippen LogP contribution < -0.4 is 4.72 Å². The highest BCUT2D eigenvalue weighted by atomic mass is 35.5. The van der Waals surface area contributed by atoms with Gasteiger partial charge >= 0.3 is 0 Å². The minimum atomic E-state index is -3.60. The number of fused-ring (bicyclic) bond motifs is 3. The highest BCUT2D eigenvalue weighted by Crippen LogP contribution is 2.30. The summed E-state index contributed by atoms with van der Waals surface area (Å²) < 4.78 is 28.0. The van der Waals surface area contributed by atoms with E-state index in [-0.39, 0.29) is 4.90 Å². The van der Waals surface area contributed by atoms with E-state index in [2.05, 4.69) is 39.9 Å². The number of hydrogen-bond donors (Lipinski definition) is 2. The summed E-state index contributed by atoms with van der Waals surface area (Å²) >= 11 is 5.87. The summed E-state index contributed by atoms with van der Waals surface area (Å²) in [4.78, 5) is 3.80. The minimum absolute atomic E-state index is 0.205. The molecule has 3 aromatic carbocycles. The lowest BCUT2D eigenvalue weighted by atomic mass is 10.0. The fourth-order valence-electron chi connectivity index (χ4n) is 3.92. The van der Waals surface area contributed by atoms with Crippen molar-refractivity contribution >= 4 is 43.3 Å². The summed E-state index contributed by atoms with van der Waals surface area (Å²) in [5.41, 5.74) is 3.34. The van der Waals surface area contributed by atoms with Crippen LogP contribution in [-0.4, -0.2) is 19.9 Å². The van der Waals surface area contributed by atoms with Gasteiger partial charge < -0.3 is 4.98 Å². The Morgan fingerprint density at radius 1 is 0.968 bits per heavy atom. The summed E-state index contributed by atoms with van der Waals surface area (Å²) in [6.07, 6.45) is 8.42. The number of aromatic nitrogens is 1. The second kappa shape index (κ2) is 9.15. The molecule has 0 amide bonds. The molecule has 0 fully saturated rings. The van der Waals surface area contributed by atoms with Crippen molar-refractivity contribution in [3.8, 4) is 12.3 Å². The smallest absolute Gasteiger partial charge is 0.240 e. The van der Waals surface area contributed by atoms with Crippen molar-refractivity contribution in [1.29, 1.82) is 0 Å². The summed E-state index contributed by atoms with van der Waals surface area (Å²) in [7, 11) is -3.60.